The molecular weight excluding hydrogens is 334 g/mol. The summed E-state index contributed by atoms with van der Waals surface area (Å²) in [6.07, 6.45) is 9.69. The molecule has 0 aromatic carbocycles. The van der Waals surface area contributed by atoms with Crippen molar-refractivity contribution >= 4 is 28.6 Å². The predicted molar refractivity (Wildman–Crippen MR) is 96.6 cm³/mol. The molecule has 5 heterocycles. The van der Waals surface area contributed by atoms with Crippen LogP contribution in [-0.4, -0.2) is 42.3 Å². The smallest absolute Gasteiger partial charge is 0.233 e. The predicted octanol–water partition coefficient (Wildman–Crippen LogP) is 2.37. The fourth-order valence-corrected chi connectivity index (χ4v) is 4.73. The zero-order valence-corrected chi connectivity index (χ0v) is 14.3. The van der Waals surface area contributed by atoms with E-state index in [9.17, 15) is 5.26 Å². The van der Waals surface area contributed by atoms with Crippen molar-refractivity contribution in [2.75, 3.05) is 13.1 Å². The van der Waals surface area contributed by atoms with Crippen molar-refractivity contribution in [2.24, 2.45) is 0 Å². The average Bonchev–Trinajstić information content (AvgIpc) is 3.39. The number of rotatable bonds is 2. The minimum atomic E-state index is -0.676. The van der Waals surface area contributed by atoms with Gasteiger partial charge in [-0.1, -0.05) is 11.8 Å². The lowest BCUT2D eigenvalue weighted by Crippen LogP contribution is -2.55. The molecule has 2 aliphatic rings. The molecule has 0 radical (unpaired) electrons. The van der Waals surface area contributed by atoms with E-state index in [1.807, 2.05) is 30.1 Å². The van der Waals surface area contributed by atoms with E-state index in [-0.39, 0.29) is 0 Å². The Morgan fingerprint density at radius 3 is 3.16 bits per heavy atom. The molecule has 25 heavy (non-hydrogen) atoms. The number of nitrogens with one attached hydrogen (secondary N) is 2. The minimum absolute atomic E-state index is 0.331. The van der Waals surface area contributed by atoms with Gasteiger partial charge in [-0.05, 0) is 24.3 Å². The van der Waals surface area contributed by atoms with E-state index in [2.05, 4.69) is 35.6 Å². The zero-order valence-electron chi connectivity index (χ0n) is 13.5. The number of likely N-dealkylation sites (tertiary alicyclic amines) is 1. The summed E-state index contributed by atoms with van der Waals surface area (Å²) in [5.74, 6) is 0.331. The topological polar surface area (TPSA) is 85.0 Å². The molecule has 1 fully saturated rings. The maximum Gasteiger partial charge on any atom is 0.233 e. The van der Waals surface area contributed by atoms with Crippen LogP contribution in [0.5, 0.6) is 0 Å². The summed E-state index contributed by atoms with van der Waals surface area (Å²) >= 11 is 1.54. The van der Waals surface area contributed by atoms with Crippen molar-refractivity contribution in [3.05, 3.63) is 42.0 Å². The first kappa shape index (κ1) is 14.8. The SMILES string of the molecule is N#C[C@]1(N2CCCC(c3cnc4cnc5[nH]ccc5n34)C2)NC=CS1. The van der Waals surface area contributed by atoms with Gasteiger partial charge in [0.15, 0.2) is 11.3 Å². The van der Waals surface area contributed by atoms with Crippen molar-refractivity contribution in [3.8, 4) is 6.07 Å². The Balaban J connectivity index is 1.54. The van der Waals surface area contributed by atoms with Gasteiger partial charge in [0, 0.05) is 43.3 Å². The number of nitriles is 1. The second-order valence-corrected chi connectivity index (χ2v) is 7.55. The molecular formula is C17H17N7S. The molecule has 5 rings (SSSR count). The Hall–Kier alpha value is -2.50. The quantitative estimate of drug-likeness (QED) is 0.737. The number of hydrogen-bond acceptors (Lipinski definition) is 6. The second kappa shape index (κ2) is 5.51. The minimum Gasteiger partial charge on any atom is -0.352 e. The van der Waals surface area contributed by atoms with Crippen molar-refractivity contribution in [2.45, 2.75) is 23.8 Å². The fraction of sp³-hybridized carbons (Fsp3) is 0.353. The molecule has 3 aromatic heterocycles. The van der Waals surface area contributed by atoms with Crippen LogP contribution in [0.25, 0.3) is 16.8 Å². The highest BCUT2D eigenvalue weighted by Gasteiger charge is 2.41. The molecule has 0 spiro atoms. The molecule has 2 atom stereocenters. The third kappa shape index (κ3) is 2.16. The number of hydrogen-bond donors (Lipinski definition) is 2. The Morgan fingerprint density at radius 2 is 2.32 bits per heavy atom. The average molecular weight is 351 g/mol. The highest BCUT2D eigenvalue weighted by atomic mass is 32.2. The molecule has 2 N–H and O–H groups in total. The summed E-state index contributed by atoms with van der Waals surface area (Å²) in [4.78, 5) is 13.7. The number of piperidine rings is 1. The zero-order chi connectivity index (χ0) is 16.9. The number of nitrogens with zero attached hydrogens (tertiary/aromatic N) is 5. The van der Waals surface area contributed by atoms with Crippen molar-refractivity contribution in [3.63, 3.8) is 0 Å². The van der Waals surface area contributed by atoms with E-state index in [1.54, 1.807) is 6.20 Å². The monoisotopic (exact) mass is 351 g/mol. The van der Waals surface area contributed by atoms with E-state index < -0.39 is 4.99 Å². The van der Waals surface area contributed by atoms with Gasteiger partial charge >= 0.3 is 0 Å². The van der Waals surface area contributed by atoms with Crippen LogP contribution >= 0.6 is 11.8 Å². The summed E-state index contributed by atoms with van der Waals surface area (Å²) in [5.41, 5.74) is 3.97. The number of imidazole rings is 1. The first-order chi connectivity index (χ1) is 12.3. The second-order valence-electron chi connectivity index (χ2n) is 6.45. The van der Waals surface area contributed by atoms with Crippen molar-refractivity contribution in [1.29, 1.82) is 5.26 Å². The lowest BCUT2D eigenvalue weighted by atomic mass is 9.94. The van der Waals surface area contributed by atoms with Crippen LogP contribution in [0.3, 0.4) is 0 Å². The van der Waals surface area contributed by atoms with Gasteiger partial charge in [0.05, 0.1) is 11.7 Å². The van der Waals surface area contributed by atoms with Gasteiger partial charge in [0.1, 0.15) is 6.07 Å². The Labute approximate surface area is 148 Å². The molecule has 0 amide bonds. The largest absolute Gasteiger partial charge is 0.352 e. The number of fused-ring (bicyclic) bond motifs is 3. The van der Waals surface area contributed by atoms with E-state index in [1.165, 1.54) is 17.5 Å². The van der Waals surface area contributed by atoms with Crippen LogP contribution in [0.15, 0.2) is 36.3 Å². The summed E-state index contributed by atoms with van der Waals surface area (Å²) in [6.45, 7) is 1.75. The van der Waals surface area contributed by atoms with Gasteiger partial charge in [0.25, 0.3) is 0 Å². The van der Waals surface area contributed by atoms with Crippen molar-refractivity contribution in [1.82, 2.24) is 29.6 Å². The van der Waals surface area contributed by atoms with Crippen LogP contribution in [0.1, 0.15) is 24.5 Å². The summed E-state index contributed by atoms with van der Waals surface area (Å²) < 4.78 is 2.19. The molecule has 2 aliphatic heterocycles. The van der Waals surface area contributed by atoms with E-state index in [0.717, 1.165) is 42.7 Å². The third-order valence-corrected chi connectivity index (χ3v) is 6.17. The van der Waals surface area contributed by atoms with Gasteiger partial charge in [-0.3, -0.25) is 9.30 Å². The molecule has 8 heteroatoms. The molecule has 0 bridgehead atoms. The Bertz CT molecular complexity index is 1000. The number of thioether (sulfide) groups is 1. The van der Waals surface area contributed by atoms with Crippen molar-refractivity contribution < 1.29 is 0 Å². The number of aromatic nitrogens is 4. The van der Waals surface area contributed by atoms with Gasteiger partial charge < -0.3 is 10.3 Å². The maximum atomic E-state index is 9.73. The van der Waals surface area contributed by atoms with E-state index >= 15 is 0 Å². The van der Waals surface area contributed by atoms with E-state index in [4.69, 9.17) is 0 Å². The van der Waals surface area contributed by atoms with Gasteiger partial charge in [-0.2, -0.15) is 5.26 Å². The third-order valence-electron chi connectivity index (χ3n) is 5.09. The van der Waals surface area contributed by atoms with Crippen LogP contribution in [0, 0.1) is 11.3 Å². The maximum absolute atomic E-state index is 9.73. The lowest BCUT2D eigenvalue weighted by molar-refractivity contribution is 0.145. The number of H-pyrrole nitrogens is 1. The highest BCUT2D eigenvalue weighted by molar-refractivity contribution is 8.03. The Kier molecular flexibility index (Phi) is 3.26. The van der Waals surface area contributed by atoms with Crippen LogP contribution in [0.2, 0.25) is 0 Å². The molecule has 3 aromatic rings. The normalized spacial score (nSPS) is 26.9. The fourth-order valence-electron chi connectivity index (χ4n) is 3.89. The highest BCUT2D eigenvalue weighted by Crippen LogP contribution is 2.37. The standard InChI is InChI=1S/C17H17N7S/c18-11-17(22-5-7-25-17)23-6-1-2-12(10-23)14-8-20-15-9-21-16-13(24(14)15)3-4-19-16/h3-5,7-9,12,19,22H,1-2,6,10H2/t12?,17-/m1/s1. The van der Waals surface area contributed by atoms with Gasteiger partial charge in [-0.15, -0.1) is 0 Å². The molecule has 1 unspecified atom stereocenters. The summed E-state index contributed by atoms with van der Waals surface area (Å²) in [5, 5.41) is 14.9. The first-order valence-corrected chi connectivity index (χ1v) is 9.25. The Morgan fingerprint density at radius 1 is 1.36 bits per heavy atom. The molecule has 7 nitrogen and oxygen atoms in total. The number of aromatic amines is 1. The summed E-state index contributed by atoms with van der Waals surface area (Å²) in [6, 6.07) is 4.49. The van der Waals surface area contributed by atoms with Gasteiger partial charge in [0.2, 0.25) is 4.99 Å². The molecule has 0 aliphatic carbocycles. The lowest BCUT2D eigenvalue weighted by Gasteiger charge is -2.40. The molecule has 1 saturated heterocycles. The van der Waals surface area contributed by atoms with Gasteiger partial charge in [-0.25, -0.2) is 9.97 Å². The van der Waals surface area contributed by atoms with Crippen LogP contribution < -0.4 is 5.32 Å². The summed E-state index contributed by atoms with van der Waals surface area (Å²) in [7, 11) is 0. The molecule has 0 saturated carbocycles. The van der Waals surface area contributed by atoms with Crippen LogP contribution in [-0.2, 0) is 0 Å². The first-order valence-electron chi connectivity index (χ1n) is 8.37. The van der Waals surface area contributed by atoms with Crippen LogP contribution in [0.4, 0.5) is 0 Å². The van der Waals surface area contributed by atoms with E-state index in [0.29, 0.717) is 5.92 Å². The molecule has 126 valence electrons.